The van der Waals surface area contributed by atoms with Gasteiger partial charge in [-0.05, 0) is 75.4 Å². The van der Waals surface area contributed by atoms with E-state index < -0.39 is 5.60 Å². The second-order valence-corrected chi connectivity index (χ2v) is 9.80. The minimum Gasteiger partial charge on any atom is -0.444 e. The van der Waals surface area contributed by atoms with Crippen LogP contribution in [0.15, 0.2) is 53.1 Å². The van der Waals surface area contributed by atoms with E-state index in [4.69, 9.17) is 4.74 Å². The van der Waals surface area contributed by atoms with E-state index in [1.54, 1.807) is 0 Å². The van der Waals surface area contributed by atoms with Crippen molar-refractivity contribution >= 4 is 44.6 Å². The zero-order valence-corrected chi connectivity index (χ0v) is 19.6. The monoisotopic (exact) mass is 482 g/mol. The summed E-state index contributed by atoms with van der Waals surface area (Å²) in [6.07, 6.45) is 3.45. The van der Waals surface area contributed by atoms with Crippen molar-refractivity contribution in [2.45, 2.75) is 45.1 Å². The molecular formula is C24H27BrN4O2. The van der Waals surface area contributed by atoms with Gasteiger partial charge in [-0.1, -0.05) is 28.1 Å². The molecule has 4 rings (SSSR count). The van der Waals surface area contributed by atoms with Gasteiger partial charge in [0.25, 0.3) is 0 Å². The normalized spacial score (nSPS) is 15.2. The van der Waals surface area contributed by atoms with E-state index >= 15 is 0 Å². The number of benzene rings is 2. The van der Waals surface area contributed by atoms with E-state index in [0.717, 1.165) is 33.9 Å². The molecule has 1 amide bonds. The highest BCUT2D eigenvalue weighted by Crippen LogP contribution is 2.31. The van der Waals surface area contributed by atoms with E-state index in [1.807, 2.05) is 56.1 Å². The van der Waals surface area contributed by atoms with Crippen molar-refractivity contribution in [1.29, 1.82) is 0 Å². The Bertz CT molecular complexity index is 1090. The lowest BCUT2D eigenvalue weighted by Crippen LogP contribution is -2.41. The number of carbonyl (C=O) groups excluding carboxylic acids is 1. The predicted molar refractivity (Wildman–Crippen MR) is 127 cm³/mol. The van der Waals surface area contributed by atoms with Crippen LogP contribution in [0.2, 0.25) is 0 Å². The molecule has 0 unspecified atom stereocenters. The Morgan fingerprint density at radius 2 is 1.94 bits per heavy atom. The smallest absolute Gasteiger partial charge is 0.410 e. The van der Waals surface area contributed by atoms with Gasteiger partial charge in [0, 0.05) is 34.8 Å². The number of hydrogen-bond acceptors (Lipinski definition) is 5. The maximum absolute atomic E-state index is 12.3. The number of nitrogens with one attached hydrogen (secondary N) is 1. The molecule has 2 heterocycles. The van der Waals surface area contributed by atoms with Crippen molar-refractivity contribution in [3.05, 3.63) is 58.7 Å². The van der Waals surface area contributed by atoms with Crippen molar-refractivity contribution in [2.75, 3.05) is 18.4 Å². The van der Waals surface area contributed by atoms with E-state index in [1.165, 1.54) is 5.56 Å². The zero-order valence-electron chi connectivity index (χ0n) is 18.1. The zero-order chi connectivity index (χ0) is 22.0. The first-order valence-corrected chi connectivity index (χ1v) is 11.3. The number of rotatable bonds is 3. The topological polar surface area (TPSA) is 67.3 Å². The molecule has 1 aliphatic rings. The summed E-state index contributed by atoms with van der Waals surface area (Å²) < 4.78 is 6.51. The molecule has 0 atom stereocenters. The first kappa shape index (κ1) is 21.6. The second kappa shape index (κ2) is 8.83. The van der Waals surface area contributed by atoms with Crippen LogP contribution in [0.5, 0.6) is 0 Å². The molecule has 3 aromatic rings. The van der Waals surface area contributed by atoms with E-state index in [2.05, 4.69) is 49.4 Å². The van der Waals surface area contributed by atoms with Crippen LogP contribution in [0, 0.1) is 0 Å². The molecule has 6 nitrogen and oxygen atoms in total. The number of anilines is 2. The van der Waals surface area contributed by atoms with E-state index in [-0.39, 0.29) is 6.09 Å². The van der Waals surface area contributed by atoms with E-state index in [9.17, 15) is 4.79 Å². The van der Waals surface area contributed by atoms with Gasteiger partial charge in [-0.2, -0.15) is 0 Å². The molecular weight excluding hydrogens is 456 g/mol. The van der Waals surface area contributed by atoms with Crippen molar-refractivity contribution in [3.63, 3.8) is 0 Å². The number of nitrogens with zero attached hydrogens (tertiary/aromatic N) is 3. The molecule has 1 saturated heterocycles. The van der Waals surface area contributed by atoms with Crippen molar-refractivity contribution < 1.29 is 9.53 Å². The van der Waals surface area contributed by atoms with Gasteiger partial charge in [0.15, 0.2) is 0 Å². The number of likely N-dealkylation sites (tertiary alicyclic amines) is 1. The maximum Gasteiger partial charge on any atom is 0.410 e. The highest BCUT2D eigenvalue weighted by molar-refractivity contribution is 9.10. The summed E-state index contributed by atoms with van der Waals surface area (Å²) in [6, 6.07) is 14.3. The summed E-state index contributed by atoms with van der Waals surface area (Å²) in [5.41, 5.74) is 2.66. The Balaban J connectivity index is 1.41. The molecule has 0 spiro atoms. The number of fused-ring (bicyclic) bond motifs is 1. The number of carbonyl (C=O) groups is 1. The molecule has 0 radical (unpaired) electrons. The van der Waals surface area contributed by atoms with Gasteiger partial charge in [0.05, 0.1) is 5.52 Å². The Morgan fingerprint density at radius 1 is 1.16 bits per heavy atom. The largest absolute Gasteiger partial charge is 0.444 e. The van der Waals surface area contributed by atoms with Gasteiger partial charge in [-0.3, -0.25) is 0 Å². The summed E-state index contributed by atoms with van der Waals surface area (Å²) in [4.78, 5) is 23.2. The van der Waals surface area contributed by atoms with E-state index in [0.29, 0.717) is 25.0 Å². The minimum absolute atomic E-state index is 0.221. The molecule has 0 saturated carbocycles. The molecule has 2 aromatic carbocycles. The van der Waals surface area contributed by atoms with Crippen LogP contribution >= 0.6 is 15.9 Å². The summed E-state index contributed by atoms with van der Waals surface area (Å²) in [6.45, 7) is 7.11. The minimum atomic E-state index is -0.463. The molecule has 31 heavy (non-hydrogen) atoms. The van der Waals surface area contributed by atoms with Crippen LogP contribution in [0.3, 0.4) is 0 Å². The highest BCUT2D eigenvalue weighted by atomic mass is 79.9. The summed E-state index contributed by atoms with van der Waals surface area (Å²) in [7, 11) is 0. The van der Waals surface area contributed by atoms with Gasteiger partial charge in [-0.15, -0.1) is 0 Å². The second-order valence-electron chi connectivity index (χ2n) is 8.89. The fraction of sp³-hybridized carbons (Fsp3) is 0.375. The fourth-order valence-electron chi connectivity index (χ4n) is 3.79. The Kier molecular flexibility index (Phi) is 6.14. The first-order chi connectivity index (χ1) is 14.8. The lowest BCUT2D eigenvalue weighted by Gasteiger charge is -2.33. The van der Waals surface area contributed by atoms with Crippen LogP contribution in [0.1, 0.15) is 45.1 Å². The van der Waals surface area contributed by atoms with Crippen LogP contribution < -0.4 is 5.32 Å². The summed E-state index contributed by atoms with van der Waals surface area (Å²) in [5, 5.41) is 4.32. The Labute approximate surface area is 191 Å². The number of aromatic nitrogens is 2. The summed E-state index contributed by atoms with van der Waals surface area (Å²) >= 11 is 3.47. The number of amides is 1. The van der Waals surface area contributed by atoms with Gasteiger partial charge < -0.3 is 15.0 Å². The standard InChI is InChI=1S/C24H27BrN4O2/c1-24(2,3)31-23(30)29-11-9-16(10-12-29)17-5-4-6-20(14-17)27-22-26-15-18-13-19(25)7-8-21(18)28-22/h4-8,13-16H,9-12H2,1-3H3,(H,26,27,28). The molecule has 0 bridgehead atoms. The van der Waals surface area contributed by atoms with Gasteiger partial charge >= 0.3 is 6.09 Å². The van der Waals surface area contributed by atoms with Crippen molar-refractivity contribution in [3.8, 4) is 0 Å². The van der Waals surface area contributed by atoms with Gasteiger partial charge in [0.2, 0.25) is 5.95 Å². The number of hydrogen-bond donors (Lipinski definition) is 1. The molecule has 1 aromatic heterocycles. The highest BCUT2D eigenvalue weighted by Gasteiger charge is 2.27. The fourth-order valence-corrected chi connectivity index (χ4v) is 4.16. The van der Waals surface area contributed by atoms with Crippen LogP contribution in [0.4, 0.5) is 16.4 Å². The third-order valence-electron chi connectivity index (χ3n) is 5.30. The van der Waals surface area contributed by atoms with Gasteiger partial charge in [-0.25, -0.2) is 14.8 Å². The number of halogens is 1. The average molecular weight is 483 g/mol. The van der Waals surface area contributed by atoms with Crippen molar-refractivity contribution in [2.24, 2.45) is 0 Å². The Hall–Kier alpha value is -2.67. The predicted octanol–water partition coefficient (Wildman–Crippen LogP) is 6.25. The average Bonchev–Trinajstić information content (AvgIpc) is 2.73. The van der Waals surface area contributed by atoms with Gasteiger partial charge in [0.1, 0.15) is 5.60 Å². The molecule has 7 heteroatoms. The SMILES string of the molecule is CC(C)(C)OC(=O)N1CCC(c2cccc(Nc3ncc4cc(Br)ccc4n3)c2)CC1. The summed E-state index contributed by atoms with van der Waals surface area (Å²) in [5.74, 6) is 0.988. The lowest BCUT2D eigenvalue weighted by molar-refractivity contribution is 0.0205. The lowest BCUT2D eigenvalue weighted by atomic mass is 9.89. The quantitative estimate of drug-likeness (QED) is 0.477. The Morgan fingerprint density at radius 3 is 2.68 bits per heavy atom. The third-order valence-corrected chi connectivity index (χ3v) is 5.80. The molecule has 0 aliphatic carbocycles. The van der Waals surface area contributed by atoms with Crippen molar-refractivity contribution in [1.82, 2.24) is 14.9 Å². The van der Waals surface area contributed by atoms with Crippen LogP contribution in [-0.2, 0) is 4.74 Å². The van der Waals surface area contributed by atoms with Crippen LogP contribution in [-0.4, -0.2) is 39.7 Å². The van der Waals surface area contributed by atoms with Crippen LogP contribution in [0.25, 0.3) is 10.9 Å². The maximum atomic E-state index is 12.3. The third kappa shape index (κ3) is 5.53. The molecule has 162 valence electrons. The molecule has 1 fully saturated rings. The number of ether oxygens (including phenoxy) is 1. The molecule has 1 aliphatic heterocycles. The number of piperidine rings is 1. The first-order valence-electron chi connectivity index (χ1n) is 10.5. The molecule has 1 N–H and O–H groups in total.